The first-order chi connectivity index (χ1) is 19.3. The summed E-state index contributed by atoms with van der Waals surface area (Å²) in [4.78, 5) is 24.6. The summed E-state index contributed by atoms with van der Waals surface area (Å²) in [7, 11) is 7.54. The Morgan fingerprint density at radius 2 is 1.98 bits per heavy atom. The monoisotopic (exact) mass is 561 g/mol. The van der Waals surface area contributed by atoms with E-state index in [0.29, 0.717) is 39.9 Å². The van der Waals surface area contributed by atoms with Gasteiger partial charge in [-0.05, 0) is 44.8 Å². The second-order valence-electron chi connectivity index (χ2n) is 9.50. The van der Waals surface area contributed by atoms with Crippen LogP contribution in [-0.2, 0) is 11.2 Å². The molecular formula is C28H32ClN9O2. The molecule has 0 atom stereocenters. The zero-order valence-electron chi connectivity index (χ0n) is 23.2. The summed E-state index contributed by atoms with van der Waals surface area (Å²) in [5.41, 5.74) is 4.17. The van der Waals surface area contributed by atoms with Gasteiger partial charge in [0.1, 0.15) is 10.8 Å². The first-order valence-corrected chi connectivity index (χ1v) is 13.2. The van der Waals surface area contributed by atoms with Crippen molar-refractivity contribution in [2.24, 2.45) is 0 Å². The number of hydrogen-bond donors (Lipinski definition) is 2. The molecule has 0 aliphatic heterocycles. The number of likely N-dealkylation sites (N-methyl/N-ethyl adjacent to an activating group) is 2. The number of amides is 1. The third-order valence-corrected chi connectivity index (χ3v) is 6.64. The smallest absolute Gasteiger partial charge is 0.229 e. The van der Waals surface area contributed by atoms with E-state index in [0.717, 1.165) is 48.2 Å². The van der Waals surface area contributed by atoms with Gasteiger partial charge in [-0.25, -0.2) is 9.67 Å². The lowest BCUT2D eigenvalue weighted by Gasteiger charge is -2.25. The average molecular weight is 562 g/mol. The van der Waals surface area contributed by atoms with E-state index in [-0.39, 0.29) is 5.95 Å². The minimum absolute atomic E-state index is 0.262. The third-order valence-electron chi connectivity index (χ3n) is 6.37. The summed E-state index contributed by atoms with van der Waals surface area (Å²) in [5, 5.41) is 21.4. The van der Waals surface area contributed by atoms with E-state index in [2.05, 4.69) is 38.5 Å². The Kier molecular flexibility index (Phi) is 9.04. The van der Waals surface area contributed by atoms with E-state index < -0.39 is 0 Å². The van der Waals surface area contributed by atoms with Crippen LogP contribution in [0.2, 0.25) is 5.02 Å². The number of ether oxygens (including phenoxy) is 1. The van der Waals surface area contributed by atoms with Gasteiger partial charge in [-0.3, -0.25) is 4.79 Å². The number of fused-ring (bicyclic) bond motifs is 1. The maximum atomic E-state index is 11.4. The molecule has 11 nitrogen and oxygen atoms in total. The van der Waals surface area contributed by atoms with Crippen LogP contribution in [0.25, 0.3) is 16.7 Å². The molecule has 0 spiro atoms. The highest BCUT2D eigenvalue weighted by Crippen LogP contribution is 2.38. The molecule has 12 heteroatoms. The number of carbonyl (C=O) groups is 1. The van der Waals surface area contributed by atoms with Crippen LogP contribution in [0, 0.1) is 11.3 Å². The van der Waals surface area contributed by atoms with Crippen LogP contribution in [0.15, 0.2) is 36.5 Å². The first-order valence-electron chi connectivity index (χ1n) is 12.8. The minimum Gasteiger partial charge on any atom is -0.494 e. The number of anilines is 4. The number of halogens is 1. The van der Waals surface area contributed by atoms with E-state index in [1.807, 2.05) is 44.2 Å². The summed E-state index contributed by atoms with van der Waals surface area (Å²) in [6.07, 6.45) is 3.78. The average Bonchev–Trinajstić information content (AvgIpc) is 3.30. The number of hydrogen-bond acceptors (Lipinski definition) is 9. The number of nitrogens with one attached hydrogen (secondary N) is 2. The van der Waals surface area contributed by atoms with Gasteiger partial charge in [0, 0.05) is 31.6 Å². The molecule has 2 N–H and O–H groups in total. The van der Waals surface area contributed by atoms with E-state index in [1.165, 1.54) is 6.20 Å². The van der Waals surface area contributed by atoms with Crippen LogP contribution in [0.1, 0.15) is 24.6 Å². The van der Waals surface area contributed by atoms with Crippen molar-refractivity contribution in [2.75, 3.05) is 56.9 Å². The van der Waals surface area contributed by atoms with Crippen molar-refractivity contribution in [2.45, 2.75) is 19.8 Å². The van der Waals surface area contributed by atoms with Crippen LogP contribution >= 0.6 is 11.6 Å². The van der Waals surface area contributed by atoms with Crippen molar-refractivity contribution in [1.29, 1.82) is 5.26 Å². The number of aromatic nitrogens is 4. The predicted octanol–water partition coefficient (Wildman–Crippen LogP) is 4.61. The van der Waals surface area contributed by atoms with E-state index in [9.17, 15) is 10.1 Å². The molecule has 4 aromatic rings. The Morgan fingerprint density at radius 3 is 2.65 bits per heavy atom. The second-order valence-corrected chi connectivity index (χ2v) is 9.91. The van der Waals surface area contributed by atoms with E-state index in [4.69, 9.17) is 21.4 Å². The van der Waals surface area contributed by atoms with Crippen molar-refractivity contribution in [1.82, 2.24) is 24.6 Å². The summed E-state index contributed by atoms with van der Waals surface area (Å²) < 4.78 is 7.35. The lowest BCUT2D eigenvalue weighted by atomic mass is 10.1. The molecule has 0 aliphatic rings. The SMILES string of the molecule is CCCc1nn(-c2nc(Nc3cc(NC=O)c(N(C)CCN(C)C)cc3OC)ncc2Cl)c2ccc(C#N)cc12. The van der Waals surface area contributed by atoms with Gasteiger partial charge in [-0.1, -0.05) is 24.9 Å². The lowest BCUT2D eigenvalue weighted by Crippen LogP contribution is -2.29. The zero-order chi connectivity index (χ0) is 28.8. The van der Waals surface area contributed by atoms with Gasteiger partial charge in [0.05, 0.1) is 53.2 Å². The summed E-state index contributed by atoms with van der Waals surface area (Å²) in [5.74, 6) is 1.20. The number of methoxy groups -OCH3 is 1. The van der Waals surface area contributed by atoms with Gasteiger partial charge in [0.15, 0.2) is 5.82 Å². The van der Waals surface area contributed by atoms with E-state index in [1.54, 1.807) is 23.9 Å². The molecule has 208 valence electrons. The Morgan fingerprint density at radius 1 is 1.18 bits per heavy atom. The molecular weight excluding hydrogens is 530 g/mol. The molecule has 0 radical (unpaired) electrons. The maximum absolute atomic E-state index is 11.4. The Balaban J connectivity index is 1.75. The van der Waals surface area contributed by atoms with Crippen LogP contribution in [0.5, 0.6) is 5.75 Å². The molecule has 1 amide bonds. The lowest BCUT2D eigenvalue weighted by molar-refractivity contribution is -0.105. The maximum Gasteiger partial charge on any atom is 0.229 e. The Bertz CT molecular complexity index is 1560. The molecule has 2 heterocycles. The third kappa shape index (κ3) is 6.09. The fourth-order valence-electron chi connectivity index (χ4n) is 4.32. The highest BCUT2D eigenvalue weighted by molar-refractivity contribution is 6.32. The molecule has 0 bridgehead atoms. The molecule has 40 heavy (non-hydrogen) atoms. The highest BCUT2D eigenvalue weighted by Gasteiger charge is 2.19. The largest absolute Gasteiger partial charge is 0.494 e. The molecule has 4 rings (SSSR count). The van der Waals surface area contributed by atoms with Gasteiger partial charge in [-0.2, -0.15) is 15.3 Å². The number of benzene rings is 2. The predicted molar refractivity (Wildman–Crippen MR) is 158 cm³/mol. The molecule has 0 fully saturated rings. The summed E-state index contributed by atoms with van der Waals surface area (Å²) in [6.45, 7) is 3.65. The number of nitrogens with zero attached hydrogens (tertiary/aromatic N) is 7. The van der Waals surface area contributed by atoms with Gasteiger partial charge in [0.25, 0.3) is 0 Å². The quantitative estimate of drug-likeness (QED) is 0.238. The second kappa shape index (κ2) is 12.6. The van der Waals surface area contributed by atoms with Crippen LogP contribution in [0.4, 0.5) is 23.0 Å². The van der Waals surface area contributed by atoms with Crippen molar-refractivity contribution >= 4 is 51.9 Å². The summed E-state index contributed by atoms with van der Waals surface area (Å²) >= 11 is 6.56. The molecule has 0 aliphatic carbocycles. The molecule has 0 unspecified atom stereocenters. The Labute approximate surface area is 238 Å². The van der Waals surface area contributed by atoms with Crippen molar-refractivity contribution in [3.63, 3.8) is 0 Å². The van der Waals surface area contributed by atoms with Crippen molar-refractivity contribution < 1.29 is 9.53 Å². The molecule has 2 aromatic heterocycles. The molecule has 0 saturated heterocycles. The molecule has 2 aromatic carbocycles. The van der Waals surface area contributed by atoms with Gasteiger partial charge in [0.2, 0.25) is 12.4 Å². The fraction of sp³-hybridized carbons (Fsp3) is 0.321. The van der Waals surface area contributed by atoms with Crippen LogP contribution in [0.3, 0.4) is 0 Å². The molecule has 0 saturated carbocycles. The van der Waals surface area contributed by atoms with Crippen LogP contribution < -0.4 is 20.3 Å². The number of aryl methyl sites for hydroxylation is 1. The standard InChI is InChI=1S/C28H32ClN9O2/c1-6-7-21-19-12-18(15-30)8-9-24(19)38(35-21)27-20(29)16-31-28(34-27)33-23-13-22(32-17-39)25(14-26(23)40-5)37(4)11-10-36(2)3/h8-9,12-14,16-17H,6-7,10-11H2,1-5H3,(H,32,39)(H,31,33,34). The summed E-state index contributed by atoms with van der Waals surface area (Å²) in [6, 6.07) is 11.2. The normalized spacial score (nSPS) is 10.9. The first kappa shape index (κ1) is 28.6. The van der Waals surface area contributed by atoms with Crippen molar-refractivity contribution in [3.05, 3.63) is 52.8 Å². The zero-order valence-corrected chi connectivity index (χ0v) is 24.0. The number of carbonyl (C=O) groups excluding carboxylic acids is 1. The van der Waals surface area contributed by atoms with Gasteiger partial charge in [-0.15, -0.1) is 0 Å². The van der Waals surface area contributed by atoms with Crippen molar-refractivity contribution in [3.8, 4) is 17.6 Å². The van der Waals surface area contributed by atoms with E-state index >= 15 is 0 Å². The Hall–Kier alpha value is -4.40. The number of nitriles is 1. The van der Waals surface area contributed by atoms with Gasteiger partial charge < -0.3 is 25.2 Å². The van der Waals surface area contributed by atoms with Crippen LogP contribution in [-0.4, -0.2) is 72.4 Å². The fourth-order valence-corrected chi connectivity index (χ4v) is 4.49. The number of rotatable bonds is 12. The minimum atomic E-state index is 0.262. The topological polar surface area (TPSA) is 124 Å². The highest BCUT2D eigenvalue weighted by atomic mass is 35.5. The van der Waals surface area contributed by atoms with Gasteiger partial charge >= 0.3 is 0 Å².